The Hall–Kier alpha value is -1.88. The number of hydrogen-bond donors (Lipinski definition) is 1. The molecule has 0 spiro atoms. The van der Waals surface area contributed by atoms with Gasteiger partial charge in [-0.05, 0) is 42.6 Å². The standard InChI is InChI=1S/C15H20N4O/c1-3-16-15-7-4-11-8-13(5-6-14(11)15)20-10-12-9-19(2)18-17-12/h5-6,8-9,15-16H,3-4,7,10H2,1-2H3. The number of aromatic nitrogens is 3. The van der Waals surface area contributed by atoms with Gasteiger partial charge in [-0.2, -0.15) is 0 Å². The van der Waals surface area contributed by atoms with Crippen LogP contribution in [0.3, 0.4) is 0 Å². The summed E-state index contributed by atoms with van der Waals surface area (Å²) in [5.41, 5.74) is 3.66. The van der Waals surface area contributed by atoms with Crippen molar-refractivity contribution in [2.75, 3.05) is 6.54 Å². The van der Waals surface area contributed by atoms with E-state index in [4.69, 9.17) is 4.74 Å². The van der Waals surface area contributed by atoms with Crippen LogP contribution < -0.4 is 10.1 Å². The minimum absolute atomic E-state index is 0.462. The average molecular weight is 272 g/mol. The molecule has 5 heteroatoms. The molecule has 5 nitrogen and oxygen atoms in total. The van der Waals surface area contributed by atoms with Gasteiger partial charge in [-0.15, -0.1) is 5.10 Å². The SMILES string of the molecule is CCNC1CCc2cc(OCc3cn(C)nn3)ccc21. The highest BCUT2D eigenvalue weighted by molar-refractivity contribution is 5.40. The Morgan fingerprint density at radius 1 is 1.45 bits per heavy atom. The van der Waals surface area contributed by atoms with Crippen molar-refractivity contribution in [2.24, 2.45) is 7.05 Å². The van der Waals surface area contributed by atoms with Crippen molar-refractivity contribution in [1.29, 1.82) is 0 Å². The third-order valence-corrected chi connectivity index (χ3v) is 3.68. The van der Waals surface area contributed by atoms with Crippen LogP contribution in [0.2, 0.25) is 0 Å². The highest BCUT2D eigenvalue weighted by atomic mass is 16.5. The number of nitrogens with one attached hydrogen (secondary N) is 1. The fourth-order valence-electron chi connectivity index (χ4n) is 2.76. The van der Waals surface area contributed by atoms with E-state index in [0.29, 0.717) is 12.6 Å². The molecule has 1 N–H and O–H groups in total. The molecule has 0 amide bonds. The van der Waals surface area contributed by atoms with Gasteiger partial charge in [-0.3, -0.25) is 4.68 Å². The first kappa shape index (κ1) is 13.1. The number of fused-ring (bicyclic) bond motifs is 1. The van der Waals surface area contributed by atoms with Crippen LogP contribution in [0.25, 0.3) is 0 Å². The lowest BCUT2D eigenvalue weighted by Gasteiger charge is -2.12. The highest BCUT2D eigenvalue weighted by Gasteiger charge is 2.21. The molecule has 1 aliphatic rings. The van der Waals surface area contributed by atoms with E-state index < -0.39 is 0 Å². The molecule has 0 saturated heterocycles. The van der Waals surface area contributed by atoms with Gasteiger partial charge < -0.3 is 10.1 Å². The number of rotatable bonds is 5. The fourth-order valence-corrected chi connectivity index (χ4v) is 2.76. The summed E-state index contributed by atoms with van der Waals surface area (Å²) >= 11 is 0. The van der Waals surface area contributed by atoms with Crippen molar-refractivity contribution in [2.45, 2.75) is 32.4 Å². The van der Waals surface area contributed by atoms with Crippen molar-refractivity contribution in [3.63, 3.8) is 0 Å². The lowest BCUT2D eigenvalue weighted by molar-refractivity contribution is 0.301. The molecule has 1 aromatic heterocycles. The van der Waals surface area contributed by atoms with Crippen molar-refractivity contribution < 1.29 is 4.74 Å². The summed E-state index contributed by atoms with van der Waals surface area (Å²) in [7, 11) is 1.85. The number of hydrogen-bond acceptors (Lipinski definition) is 4. The Kier molecular flexibility index (Phi) is 3.69. The molecule has 0 bridgehead atoms. The quantitative estimate of drug-likeness (QED) is 0.904. The molecule has 2 aromatic rings. The molecule has 20 heavy (non-hydrogen) atoms. The molecule has 1 heterocycles. The monoisotopic (exact) mass is 272 g/mol. The Morgan fingerprint density at radius 2 is 2.35 bits per heavy atom. The number of benzene rings is 1. The van der Waals surface area contributed by atoms with Crippen molar-refractivity contribution >= 4 is 0 Å². The number of ether oxygens (including phenoxy) is 1. The predicted octanol–water partition coefficient (Wildman–Crippen LogP) is 1.99. The molecule has 1 unspecified atom stereocenters. The van der Waals surface area contributed by atoms with Gasteiger partial charge in [0.1, 0.15) is 18.1 Å². The topological polar surface area (TPSA) is 52.0 Å². The van der Waals surface area contributed by atoms with Gasteiger partial charge in [0.05, 0.1) is 6.20 Å². The van der Waals surface area contributed by atoms with Crippen LogP contribution in [0.5, 0.6) is 5.75 Å². The van der Waals surface area contributed by atoms with Gasteiger partial charge in [0.2, 0.25) is 0 Å². The minimum Gasteiger partial charge on any atom is -0.487 e. The summed E-state index contributed by atoms with van der Waals surface area (Å²) in [6.07, 6.45) is 4.17. The normalized spacial score (nSPS) is 17.2. The first-order chi connectivity index (χ1) is 9.76. The first-order valence-corrected chi connectivity index (χ1v) is 7.10. The van der Waals surface area contributed by atoms with Crippen LogP contribution in [0.1, 0.15) is 36.2 Å². The molecular formula is C15H20N4O. The van der Waals surface area contributed by atoms with Gasteiger partial charge in [0.25, 0.3) is 0 Å². The predicted molar refractivity (Wildman–Crippen MR) is 76.5 cm³/mol. The lowest BCUT2D eigenvalue weighted by atomic mass is 10.1. The van der Waals surface area contributed by atoms with E-state index >= 15 is 0 Å². The highest BCUT2D eigenvalue weighted by Crippen LogP contribution is 2.33. The van der Waals surface area contributed by atoms with Gasteiger partial charge >= 0.3 is 0 Å². The van der Waals surface area contributed by atoms with Gasteiger partial charge in [0, 0.05) is 13.1 Å². The maximum atomic E-state index is 5.79. The molecule has 0 aliphatic heterocycles. The van der Waals surface area contributed by atoms with Crippen molar-refractivity contribution in [3.05, 3.63) is 41.2 Å². The van der Waals surface area contributed by atoms with Gasteiger partial charge in [-0.1, -0.05) is 18.2 Å². The molecule has 0 fully saturated rings. The summed E-state index contributed by atoms with van der Waals surface area (Å²) in [4.78, 5) is 0. The third kappa shape index (κ3) is 2.67. The smallest absolute Gasteiger partial charge is 0.134 e. The van der Waals surface area contributed by atoms with Crippen molar-refractivity contribution in [1.82, 2.24) is 20.3 Å². The van der Waals surface area contributed by atoms with E-state index in [9.17, 15) is 0 Å². The summed E-state index contributed by atoms with van der Waals surface area (Å²) in [6, 6.07) is 6.89. The minimum atomic E-state index is 0.462. The molecule has 1 aliphatic carbocycles. The number of aryl methyl sites for hydroxylation is 2. The molecule has 1 atom stereocenters. The number of nitrogens with zero attached hydrogens (tertiary/aromatic N) is 3. The Labute approximate surface area is 118 Å². The molecule has 0 radical (unpaired) electrons. The van der Waals surface area contributed by atoms with Crippen LogP contribution in [0.15, 0.2) is 24.4 Å². The zero-order valence-electron chi connectivity index (χ0n) is 12.0. The fraction of sp³-hybridized carbons (Fsp3) is 0.467. The second kappa shape index (κ2) is 5.63. The van der Waals surface area contributed by atoms with Crippen LogP contribution in [0.4, 0.5) is 0 Å². The zero-order valence-corrected chi connectivity index (χ0v) is 12.0. The lowest BCUT2D eigenvalue weighted by Crippen LogP contribution is -2.18. The summed E-state index contributed by atoms with van der Waals surface area (Å²) in [6.45, 7) is 3.62. The van der Waals surface area contributed by atoms with Crippen LogP contribution in [-0.2, 0) is 20.1 Å². The Bertz CT molecular complexity index is 593. The van der Waals surface area contributed by atoms with E-state index in [1.54, 1.807) is 4.68 Å². The maximum absolute atomic E-state index is 5.79. The average Bonchev–Trinajstić information content (AvgIpc) is 3.04. The van der Waals surface area contributed by atoms with E-state index in [1.807, 2.05) is 19.3 Å². The first-order valence-electron chi connectivity index (χ1n) is 7.10. The largest absolute Gasteiger partial charge is 0.487 e. The molecule has 3 rings (SSSR count). The summed E-state index contributed by atoms with van der Waals surface area (Å²) in [5, 5.41) is 11.4. The van der Waals surface area contributed by atoms with Gasteiger partial charge in [0.15, 0.2) is 0 Å². The molecule has 106 valence electrons. The molecule has 0 saturated carbocycles. The van der Waals surface area contributed by atoms with E-state index in [1.165, 1.54) is 17.5 Å². The second-order valence-electron chi connectivity index (χ2n) is 5.18. The van der Waals surface area contributed by atoms with Crippen LogP contribution >= 0.6 is 0 Å². The zero-order chi connectivity index (χ0) is 13.9. The van der Waals surface area contributed by atoms with E-state index in [2.05, 4.69) is 34.7 Å². The third-order valence-electron chi connectivity index (χ3n) is 3.68. The van der Waals surface area contributed by atoms with Crippen LogP contribution in [-0.4, -0.2) is 21.5 Å². The van der Waals surface area contributed by atoms with Gasteiger partial charge in [-0.25, -0.2) is 0 Å². The molecule has 1 aromatic carbocycles. The Balaban J connectivity index is 1.67. The molecular weight excluding hydrogens is 252 g/mol. The van der Waals surface area contributed by atoms with Crippen molar-refractivity contribution in [3.8, 4) is 5.75 Å². The van der Waals surface area contributed by atoms with Crippen LogP contribution in [0, 0.1) is 0 Å². The summed E-state index contributed by atoms with van der Waals surface area (Å²) in [5.74, 6) is 0.909. The second-order valence-corrected chi connectivity index (χ2v) is 5.18. The Morgan fingerprint density at radius 3 is 3.10 bits per heavy atom. The summed E-state index contributed by atoms with van der Waals surface area (Å²) < 4.78 is 7.47. The van der Waals surface area contributed by atoms with E-state index in [0.717, 1.165) is 24.4 Å². The maximum Gasteiger partial charge on any atom is 0.134 e. The van der Waals surface area contributed by atoms with E-state index in [-0.39, 0.29) is 0 Å².